The fourth-order valence-electron chi connectivity index (χ4n) is 1.84. The summed E-state index contributed by atoms with van der Waals surface area (Å²) in [5, 5.41) is 9.55. The SMILES string of the molecule is C[C@H]1c2cc(Br)cc(F)c2C[C@@H]1O. The average molecular weight is 245 g/mol. The molecular formula is C10H10BrFO. The van der Waals surface area contributed by atoms with E-state index in [1.54, 1.807) is 0 Å². The van der Waals surface area contributed by atoms with E-state index in [-0.39, 0.29) is 11.7 Å². The Kier molecular flexibility index (Phi) is 2.16. The Morgan fingerprint density at radius 1 is 1.54 bits per heavy atom. The van der Waals surface area contributed by atoms with Crippen LogP contribution in [-0.2, 0) is 6.42 Å². The van der Waals surface area contributed by atoms with Crippen molar-refractivity contribution in [1.29, 1.82) is 0 Å². The molecule has 1 aromatic rings. The fraction of sp³-hybridized carbons (Fsp3) is 0.400. The smallest absolute Gasteiger partial charge is 0.127 e. The zero-order chi connectivity index (χ0) is 9.59. The van der Waals surface area contributed by atoms with E-state index in [1.165, 1.54) is 6.07 Å². The number of benzene rings is 1. The molecule has 0 aliphatic heterocycles. The number of hydrogen-bond acceptors (Lipinski definition) is 1. The van der Waals surface area contributed by atoms with Crippen LogP contribution in [0.25, 0.3) is 0 Å². The van der Waals surface area contributed by atoms with E-state index in [0.29, 0.717) is 12.0 Å². The van der Waals surface area contributed by atoms with Gasteiger partial charge in [0.05, 0.1) is 6.10 Å². The maximum absolute atomic E-state index is 13.4. The second-order valence-electron chi connectivity index (χ2n) is 3.52. The Morgan fingerprint density at radius 2 is 2.23 bits per heavy atom. The molecule has 0 spiro atoms. The Balaban J connectivity index is 2.57. The Bertz CT molecular complexity index is 351. The molecule has 0 bridgehead atoms. The molecule has 0 unspecified atom stereocenters. The van der Waals surface area contributed by atoms with Gasteiger partial charge in [0.15, 0.2) is 0 Å². The molecule has 0 fully saturated rings. The normalized spacial score (nSPS) is 26.2. The van der Waals surface area contributed by atoms with Gasteiger partial charge in [-0.3, -0.25) is 0 Å². The second kappa shape index (κ2) is 3.07. The summed E-state index contributed by atoms with van der Waals surface area (Å²) in [4.78, 5) is 0. The topological polar surface area (TPSA) is 20.2 Å². The Morgan fingerprint density at radius 3 is 2.92 bits per heavy atom. The molecule has 70 valence electrons. The third kappa shape index (κ3) is 1.40. The van der Waals surface area contributed by atoms with Crippen molar-refractivity contribution in [1.82, 2.24) is 0 Å². The monoisotopic (exact) mass is 244 g/mol. The lowest BCUT2D eigenvalue weighted by atomic mass is 10.0. The minimum Gasteiger partial charge on any atom is -0.392 e. The molecule has 1 aliphatic carbocycles. The minimum atomic E-state index is -0.432. The van der Waals surface area contributed by atoms with Crippen LogP contribution < -0.4 is 0 Å². The van der Waals surface area contributed by atoms with Crippen LogP contribution in [0.3, 0.4) is 0 Å². The maximum atomic E-state index is 13.4. The minimum absolute atomic E-state index is 0.0435. The van der Waals surface area contributed by atoms with Crippen LogP contribution in [0, 0.1) is 5.82 Å². The van der Waals surface area contributed by atoms with E-state index in [2.05, 4.69) is 15.9 Å². The molecular weight excluding hydrogens is 235 g/mol. The van der Waals surface area contributed by atoms with Crippen LogP contribution in [0.15, 0.2) is 16.6 Å². The van der Waals surface area contributed by atoms with Crippen molar-refractivity contribution in [2.75, 3.05) is 0 Å². The molecule has 2 atom stereocenters. The fourth-order valence-corrected chi connectivity index (χ4v) is 2.29. The van der Waals surface area contributed by atoms with Crippen LogP contribution in [0.1, 0.15) is 24.0 Å². The van der Waals surface area contributed by atoms with Gasteiger partial charge in [0.25, 0.3) is 0 Å². The molecule has 0 heterocycles. The first kappa shape index (κ1) is 9.16. The van der Waals surface area contributed by atoms with Gasteiger partial charge in [-0.15, -0.1) is 0 Å². The van der Waals surface area contributed by atoms with Gasteiger partial charge in [-0.1, -0.05) is 22.9 Å². The van der Waals surface area contributed by atoms with Crippen LogP contribution in [0.5, 0.6) is 0 Å². The van der Waals surface area contributed by atoms with Crippen molar-refractivity contribution in [2.45, 2.75) is 25.4 Å². The Labute approximate surface area is 84.7 Å². The number of aliphatic hydroxyl groups is 1. The van der Waals surface area contributed by atoms with E-state index < -0.39 is 6.10 Å². The van der Waals surface area contributed by atoms with Crippen LogP contribution in [0.2, 0.25) is 0 Å². The predicted octanol–water partition coefficient (Wildman–Crippen LogP) is 2.61. The molecule has 0 amide bonds. The quantitative estimate of drug-likeness (QED) is 0.744. The van der Waals surface area contributed by atoms with E-state index >= 15 is 0 Å². The zero-order valence-electron chi connectivity index (χ0n) is 7.22. The van der Waals surface area contributed by atoms with Gasteiger partial charge in [-0.05, 0) is 23.3 Å². The van der Waals surface area contributed by atoms with E-state index in [1.807, 2.05) is 13.0 Å². The van der Waals surface area contributed by atoms with Crippen LogP contribution in [0.4, 0.5) is 4.39 Å². The summed E-state index contributed by atoms with van der Waals surface area (Å²) in [6.07, 6.45) is 0.00843. The standard InChI is InChI=1S/C10H10BrFO/c1-5-7-2-6(11)3-9(12)8(7)4-10(5)13/h2-3,5,10,13H,4H2,1H3/t5-,10-/m0/s1. The molecule has 0 aromatic heterocycles. The highest BCUT2D eigenvalue weighted by Gasteiger charge is 2.29. The van der Waals surface area contributed by atoms with Gasteiger partial charge >= 0.3 is 0 Å². The highest BCUT2D eigenvalue weighted by molar-refractivity contribution is 9.10. The lowest BCUT2D eigenvalue weighted by Crippen LogP contribution is -2.09. The first-order valence-corrected chi connectivity index (χ1v) is 5.05. The highest BCUT2D eigenvalue weighted by atomic mass is 79.9. The summed E-state index contributed by atoms with van der Waals surface area (Å²) in [7, 11) is 0. The molecule has 1 nitrogen and oxygen atoms in total. The maximum Gasteiger partial charge on any atom is 0.127 e. The van der Waals surface area contributed by atoms with Crippen molar-refractivity contribution in [3.05, 3.63) is 33.5 Å². The third-order valence-corrected chi connectivity index (χ3v) is 3.13. The van der Waals surface area contributed by atoms with Crippen molar-refractivity contribution >= 4 is 15.9 Å². The molecule has 0 saturated heterocycles. The summed E-state index contributed by atoms with van der Waals surface area (Å²) in [5.74, 6) is -0.172. The molecule has 1 N–H and O–H groups in total. The molecule has 3 heteroatoms. The van der Waals surface area contributed by atoms with Gasteiger partial charge < -0.3 is 5.11 Å². The van der Waals surface area contributed by atoms with E-state index in [4.69, 9.17) is 0 Å². The number of rotatable bonds is 0. The zero-order valence-corrected chi connectivity index (χ0v) is 8.81. The van der Waals surface area contributed by atoms with Crippen molar-refractivity contribution < 1.29 is 9.50 Å². The molecule has 1 aliphatic rings. The molecule has 0 saturated carbocycles. The molecule has 0 radical (unpaired) electrons. The first-order chi connectivity index (χ1) is 6.09. The summed E-state index contributed by atoms with van der Waals surface area (Å²) >= 11 is 3.24. The lowest BCUT2D eigenvalue weighted by molar-refractivity contribution is 0.162. The Hall–Kier alpha value is -0.410. The predicted molar refractivity (Wildman–Crippen MR) is 52.2 cm³/mol. The molecule has 1 aromatic carbocycles. The summed E-state index contributed by atoms with van der Waals surface area (Å²) in [6, 6.07) is 3.34. The van der Waals surface area contributed by atoms with Crippen molar-refractivity contribution in [3.8, 4) is 0 Å². The second-order valence-corrected chi connectivity index (χ2v) is 4.43. The highest BCUT2D eigenvalue weighted by Crippen LogP contribution is 2.36. The first-order valence-electron chi connectivity index (χ1n) is 4.25. The summed E-state index contributed by atoms with van der Waals surface area (Å²) in [5.41, 5.74) is 1.60. The van der Waals surface area contributed by atoms with Crippen molar-refractivity contribution in [3.63, 3.8) is 0 Å². The van der Waals surface area contributed by atoms with Gasteiger partial charge in [0.2, 0.25) is 0 Å². The largest absolute Gasteiger partial charge is 0.392 e. The van der Waals surface area contributed by atoms with E-state index in [0.717, 1.165) is 10.0 Å². The van der Waals surface area contributed by atoms with Gasteiger partial charge in [-0.25, -0.2) is 4.39 Å². The molecule has 2 rings (SSSR count). The van der Waals surface area contributed by atoms with Crippen molar-refractivity contribution in [2.24, 2.45) is 0 Å². The van der Waals surface area contributed by atoms with Gasteiger partial charge in [-0.2, -0.15) is 0 Å². The number of halogens is 2. The van der Waals surface area contributed by atoms with Gasteiger partial charge in [0.1, 0.15) is 5.82 Å². The van der Waals surface area contributed by atoms with E-state index in [9.17, 15) is 9.50 Å². The van der Waals surface area contributed by atoms with Crippen LogP contribution in [-0.4, -0.2) is 11.2 Å². The average Bonchev–Trinajstić information content (AvgIpc) is 2.32. The third-order valence-electron chi connectivity index (χ3n) is 2.68. The lowest BCUT2D eigenvalue weighted by Gasteiger charge is -2.08. The number of aliphatic hydroxyl groups excluding tert-OH is 1. The summed E-state index contributed by atoms with van der Waals surface area (Å²) < 4.78 is 14.1. The molecule has 13 heavy (non-hydrogen) atoms. The van der Waals surface area contributed by atoms with Crippen LogP contribution >= 0.6 is 15.9 Å². The van der Waals surface area contributed by atoms with Gasteiger partial charge in [0, 0.05) is 16.8 Å². The number of fused-ring (bicyclic) bond motifs is 1. The number of hydrogen-bond donors (Lipinski definition) is 1. The summed E-state index contributed by atoms with van der Waals surface area (Å²) in [6.45, 7) is 1.92.